The maximum Gasteiger partial charge on any atom is 0.129 e. The van der Waals surface area contributed by atoms with Crippen LogP contribution in [0.5, 0.6) is 0 Å². The van der Waals surface area contributed by atoms with E-state index in [0.717, 1.165) is 18.0 Å². The fourth-order valence-corrected chi connectivity index (χ4v) is 3.85. The van der Waals surface area contributed by atoms with E-state index in [-0.39, 0.29) is 11.9 Å². The Kier molecular flexibility index (Phi) is 5.54. The molecule has 1 aliphatic rings. The first-order chi connectivity index (χ1) is 11.2. The summed E-state index contributed by atoms with van der Waals surface area (Å²) < 4.78 is 31.9. The fourth-order valence-electron chi connectivity index (χ4n) is 2.73. The van der Waals surface area contributed by atoms with Crippen molar-refractivity contribution < 1.29 is 13.3 Å². The summed E-state index contributed by atoms with van der Waals surface area (Å²) in [5, 5.41) is 0. The van der Waals surface area contributed by atoms with E-state index in [1.165, 1.54) is 6.07 Å². The van der Waals surface area contributed by atoms with Crippen molar-refractivity contribution in [3.63, 3.8) is 0 Å². The molecule has 122 valence electrons. The third-order valence-electron chi connectivity index (χ3n) is 4.00. The number of hydrogen-bond donors (Lipinski definition) is 0. The number of rotatable bonds is 5. The SMILES string of the molecule is O=[S@@](CCN1CCO[C@H](c2ccccc2F)C1)c1ccccc1. The van der Waals surface area contributed by atoms with E-state index < -0.39 is 10.8 Å². The van der Waals surface area contributed by atoms with E-state index in [2.05, 4.69) is 4.90 Å². The molecule has 0 amide bonds. The topological polar surface area (TPSA) is 29.5 Å². The summed E-state index contributed by atoms with van der Waals surface area (Å²) in [5.41, 5.74) is 0.599. The molecule has 3 rings (SSSR count). The van der Waals surface area contributed by atoms with Gasteiger partial charge in [-0.2, -0.15) is 0 Å². The first-order valence-corrected chi connectivity index (χ1v) is 9.08. The summed E-state index contributed by atoms with van der Waals surface area (Å²) in [6.07, 6.45) is -0.255. The standard InChI is InChI=1S/C18H20FNO2S/c19-17-9-5-4-8-16(17)18-14-20(10-12-22-18)11-13-23(21)15-6-2-1-3-7-15/h1-9,18H,10-14H2/t18-,23-/m0/s1. The molecule has 2 atom stereocenters. The summed E-state index contributed by atoms with van der Waals surface area (Å²) in [6.45, 7) is 2.71. The molecule has 0 unspecified atom stereocenters. The van der Waals surface area contributed by atoms with Crippen LogP contribution in [0.4, 0.5) is 4.39 Å². The van der Waals surface area contributed by atoms with Gasteiger partial charge in [0.15, 0.2) is 0 Å². The molecule has 0 aromatic heterocycles. The number of nitrogens with zero attached hydrogens (tertiary/aromatic N) is 1. The maximum absolute atomic E-state index is 13.9. The van der Waals surface area contributed by atoms with Crippen LogP contribution in [0.3, 0.4) is 0 Å². The Morgan fingerprint density at radius 2 is 1.87 bits per heavy atom. The zero-order valence-corrected chi connectivity index (χ0v) is 13.7. The highest BCUT2D eigenvalue weighted by molar-refractivity contribution is 7.85. The van der Waals surface area contributed by atoms with Gasteiger partial charge in [0.1, 0.15) is 5.82 Å². The second-order valence-corrected chi connectivity index (χ2v) is 7.11. The van der Waals surface area contributed by atoms with E-state index in [1.807, 2.05) is 36.4 Å². The molecule has 1 saturated heterocycles. The molecule has 1 aliphatic heterocycles. The molecule has 23 heavy (non-hydrogen) atoms. The van der Waals surface area contributed by atoms with Gasteiger partial charge in [0, 0.05) is 35.8 Å². The molecule has 2 aromatic rings. The Hall–Kier alpha value is -1.56. The third-order valence-corrected chi connectivity index (χ3v) is 5.35. The van der Waals surface area contributed by atoms with Crippen molar-refractivity contribution in [1.82, 2.24) is 4.90 Å². The van der Waals surface area contributed by atoms with E-state index in [1.54, 1.807) is 12.1 Å². The number of ether oxygens (including phenoxy) is 1. The second-order valence-electron chi connectivity index (χ2n) is 5.54. The lowest BCUT2D eigenvalue weighted by atomic mass is 10.1. The van der Waals surface area contributed by atoms with Gasteiger partial charge in [-0.05, 0) is 18.2 Å². The number of morpholine rings is 1. The van der Waals surface area contributed by atoms with Crippen LogP contribution in [0.1, 0.15) is 11.7 Å². The van der Waals surface area contributed by atoms with Crippen molar-refractivity contribution in [3.05, 3.63) is 66.0 Å². The summed E-state index contributed by atoms with van der Waals surface area (Å²) in [6, 6.07) is 16.2. The molecule has 2 aromatic carbocycles. The Labute approximate surface area is 138 Å². The highest BCUT2D eigenvalue weighted by atomic mass is 32.2. The maximum atomic E-state index is 13.9. The van der Waals surface area contributed by atoms with Crippen LogP contribution < -0.4 is 0 Å². The average molecular weight is 333 g/mol. The predicted molar refractivity (Wildman–Crippen MR) is 89.3 cm³/mol. The van der Waals surface area contributed by atoms with Crippen LogP contribution in [-0.2, 0) is 15.5 Å². The van der Waals surface area contributed by atoms with Crippen LogP contribution >= 0.6 is 0 Å². The van der Waals surface area contributed by atoms with Crippen LogP contribution in [0.2, 0.25) is 0 Å². The van der Waals surface area contributed by atoms with Crippen molar-refractivity contribution in [2.75, 3.05) is 32.0 Å². The number of halogens is 1. The third kappa shape index (κ3) is 4.25. The van der Waals surface area contributed by atoms with Gasteiger partial charge in [-0.25, -0.2) is 4.39 Å². The van der Waals surface area contributed by atoms with Crippen molar-refractivity contribution in [2.45, 2.75) is 11.0 Å². The largest absolute Gasteiger partial charge is 0.371 e. The quantitative estimate of drug-likeness (QED) is 0.842. The van der Waals surface area contributed by atoms with Crippen molar-refractivity contribution >= 4 is 10.8 Å². The summed E-state index contributed by atoms with van der Waals surface area (Å²) >= 11 is 0. The van der Waals surface area contributed by atoms with E-state index in [9.17, 15) is 8.60 Å². The first-order valence-electron chi connectivity index (χ1n) is 7.76. The van der Waals surface area contributed by atoms with Gasteiger partial charge < -0.3 is 4.74 Å². The van der Waals surface area contributed by atoms with E-state index in [0.29, 0.717) is 24.5 Å². The molecule has 0 saturated carbocycles. The molecule has 0 spiro atoms. The van der Waals surface area contributed by atoms with Crippen LogP contribution in [0.25, 0.3) is 0 Å². The van der Waals surface area contributed by atoms with E-state index >= 15 is 0 Å². The Balaban J connectivity index is 1.57. The van der Waals surface area contributed by atoms with Gasteiger partial charge in [0.2, 0.25) is 0 Å². The molecular weight excluding hydrogens is 313 g/mol. The van der Waals surface area contributed by atoms with Gasteiger partial charge in [-0.15, -0.1) is 0 Å². The van der Waals surface area contributed by atoms with Crippen molar-refractivity contribution in [3.8, 4) is 0 Å². The molecule has 0 radical (unpaired) electrons. The predicted octanol–water partition coefficient (Wildman–Crippen LogP) is 3.01. The zero-order valence-electron chi connectivity index (χ0n) is 12.9. The summed E-state index contributed by atoms with van der Waals surface area (Å²) in [7, 11) is -1.00. The zero-order chi connectivity index (χ0) is 16.1. The van der Waals surface area contributed by atoms with E-state index in [4.69, 9.17) is 4.74 Å². The van der Waals surface area contributed by atoms with Crippen molar-refractivity contribution in [2.24, 2.45) is 0 Å². The minimum absolute atomic E-state index is 0.229. The van der Waals surface area contributed by atoms with Crippen LogP contribution in [0.15, 0.2) is 59.5 Å². The van der Waals surface area contributed by atoms with Gasteiger partial charge in [-0.3, -0.25) is 9.11 Å². The van der Waals surface area contributed by atoms with Gasteiger partial charge in [-0.1, -0.05) is 36.4 Å². The van der Waals surface area contributed by atoms with Gasteiger partial charge in [0.05, 0.1) is 23.5 Å². The molecule has 0 aliphatic carbocycles. The molecule has 5 heteroatoms. The molecular formula is C18H20FNO2S. The summed E-state index contributed by atoms with van der Waals surface area (Å²) in [4.78, 5) is 3.05. The lowest BCUT2D eigenvalue weighted by Gasteiger charge is -2.33. The minimum atomic E-state index is -1.00. The minimum Gasteiger partial charge on any atom is -0.371 e. The van der Waals surface area contributed by atoms with Gasteiger partial charge in [0.25, 0.3) is 0 Å². The van der Waals surface area contributed by atoms with Gasteiger partial charge >= 0.3 is 0 Å². The number of hydrogen-bond acceptors (Lipinski definition) is 3. The molecule has 3 nitrogen and oxygen atoms in total. The second kappa shape index (κ2) is 7.81. The smallest absolute Gasteiger partial charge is 0.129 e. The monoisotopic (exact) mass is 333 g/mol. The Morgan fingerprint density at radius 3 is 2.65 bits per heavy atom. The Morgan fingerprint density at radius 1 is 1.13 bits per heavy atom. The number of benzene rings is 2. The molecule has 1 heterocycles. The average Bonchev–Trinajstić information content (AvgIpc) is 2.61. The molecule has 0 N–H and O–H groups in total. The molecule has 0 bridgehead atoms. The normalized spacial score (nSPS) is 20.3. The Bertz CT molecular complexity index is 665. The highest BCUT2D eigenvalue weighted by Gasteiger charge is 2.24. The fraction of sp³-hybridized carbons (Fsp3) is 0.333. The van der Waals surface area contributed by atoms with Crippen molar-refractivity contribution in [1.29, 1.82) is 0 Å². The van der Waals surface area contributed by atoms with Crippen LogP contribution in [0, 0.1) is 5.82 Å². The highest BCUT2D eigenvalue weighted by Crippen LogP contribution is 2.24. The summed E-state index contributed by atoms with van der Waals surface area (Å²) in [5.74, 6) is 0.348. The molecule has 1 fully saturated rings. The first kappa shape index (κ1) is 16.3. The lowest BCUT2D eigenvalue weighted by Crippen LogP contribution is -2.40. The lowest BCUT2D eigenvalue weighted by molar-refractivity contribution is -0.0294. The van der Waals surface area contributed by atoms with Crippen LogP contribution in [-0.4, -0.2) is 41.1 Å².